The lowest BCUT2D eigenvalue weighted by atomic mass is 9.74. The summed E-state index contributed by atoms with van der Waals surface area (Å²) < 4.78 is 50.2. The second-order valence-electron chi connectivity index (χ2n) is 11.6. The van der Waals surface area contributed by atoms with Gasteiger partial charge >= 0.3 is 12.1 Å². The SMILES string of the molecule is CC1(C)CC[C@@H](CN(CC(=O)c2c(Cl)cncc2Cl)C(=O)c2cnn(C3CCC(C)(C(=O)O)CC3)c2C(F)(F)F)O1. The lowest BCUT2D eigenvalue weighted by molar-refractivity contribution is -0.152. The number of hydrogen-bond acceptors (Lipinski definition) is 6. The van der Waals surface area contributed by atoms with E-state index in [1.54, 1.807) is 6.92 Å². The number of ether oxygens (including phenoxy) is 1. The molecule has 2 fully saturated rings. The number of ketones is 1. The Labute approximate surface area is 244 Å². The number of rotatable bonds is 8. The number of amides is 1. The van der Waals surface area contributed by atoms with Crippen LogP contribution in [-0.2, 0) is 15.7 Å². The molecule has 1 saturated carbocycles. The summed E-state index contributed by atoms with van der Waals surface area (Å²) in [6.45, 7) is 4.55. The van der Waals surface area contributed by atoms with E-state index < -0.39 is 64.8 Å². The molecule has 1 aliphatic carbocycles. The first-order valence-electron chi connectivity index (χ1n) is 13.2. The van der Waals surface area contributed by atoms with Gasteiger partial charge in [0.25, 0.3) is 5.91 Å². The molecule has 1 N–H and O–H groups in total. The van der Waals surface area contributed by atoms with Crippen LogP contribution in [0.25, 0.3) is 0 Å². The van der Waals surface area contributed by atoms with Crippen LogP contribution in [0, 0.1) is 5.41 Å². The summed E-state index contributed by atoms with van der Waals surface area (Å²) in [6.07, 6.45) is -0.361. The molecule has 0 unspecified atom stereocenters. The summed E-state index contributed by atoms with van der Waals surface area (Å²) in [5, 5.41) is 13.4. The van der Waals surface area contributed by atoms with Crippen LogP contribution in [0.2, 0.25) is 10.0 Å². The zero-order chi connectivity index (χ0) is 30.3. The van der Waals surface area contributed by atoms with Gasteiger partial charge < -0.3 is 14.7 Å². The van der Waals surface area contributed by atoms with Crippen molar-refractivity contribution in [2.75, 3.05) is 13.1 Å². The average molecular weight is 619 g/mol. The van der Waals surface area contributed by atoms with Crippen molar-refractivity contribution in [2.45, 2.75) is 83.2 Å². The van der Waals surface area contributed by atoms with Gasteiger partial charge in [-0.2, -0.15) is 18.3 Å². The fourth-order valence-corrected chi connectivity index (χ4v) is 6.12. The molecule has 0 radical (unpaired) electrons. The molecular formula is C27H31Cl2F3N4O5. The molecule has 2 aromatic rings. The number of halogens is 5. The highest BCUT2D eigenvalue weighted by atomic mass is 35.5. The molecule has 1 atom stereocenters. The molecule has 2 aromatic heterocycles. The maximum Gasteiger partial charge on any atom is 0.433 e. The Morgan fingerprint density at radius 3 is 2.20 bits per heavy atom. The number of aromatic nitrogens is 3. The Hall–Kier alpha value is -2.70. The summed E-state index contributed by atoms with van der Waals surface area (Å²) in [5.41, 5.74) is -3.57. The topological polar surface area (TPSA) is 115 Å². The highest BCUT2D eigenvalue weighted by Crippen LogP contribution is 2.43. The first-order chi connectivity index (χ1) is 19.0. The zero-order valence-corrected chi connectivity index (χ0v) is 24.3. The number of carbonyl (C=O) groups is 3. The molecule has 3 heterocycles. The van der Waals surface area contributed by atoms with Gasteiger partial charge in [-0.25, -0.2) is 0 Å². The molecule has 14 heteroatoms. The van der Waals surface area contributed by atoms with E-state index in [0.717, 1.165) is 15.8 Å². The molecule has 1 amide bonds. The zero-order valence-electron chi connectivity index (χ0n) is 22.8. The van der Waals surface area contributed by atoms with E-state index in [-0.39, 0.29) is 47.8 Å². The molecule has 41 heavy (non-hydrogen) atoms. The highest BCUT2D eigenvalue weighted by Gasteiger charge is 2.45. The molecule has 1 aliphatic heterocycles. The molecule has 0 aromatic carbocycles. The number of carbonyl (C=O) groups excluding carboxylic acids is 2. The van der Waals surface area contributed by atoms with Gasteiger partial charge in [-0.05, 0) is 59.3 Å². The summed E-state index contributed by atoms with van der Waals surface area (Å²) in [6, 6.07) is -0.746. The Morgan fingerprint density at radius 1 is 1.07 bits per heavy atom. The number of pyridine rings is 1. The molecule has 4 rings (SSSR count). The maximum absolute atomic E-state index is 14.5. The molecule has 224 valence electrons. The molecule has 2 aliphatic rings. The van der Waals surface area contributed by atoms with Crippen LogP contribution < -0.4 is 0 Å². The molecular weight excluding hydrogens is 588 g/mol. The van der Waals surface area contributed by atoms with E-state index in [4.69, 9.17) is 27.9 Å². The molecule has 1 saturated heterocycles. The quantitative estimate of drug-likeness (QED) is 0.356. The minimum atomic E-state index is -4.95. The van der Waals surface area contributed by atoms with Crippen LogP contribution in [0.15, 0.2) is 18.6 Å². The van der Waals surface area contributed by atoms with Crippen molar-refractivity contribution in [3.63, 3.8) is 0 Å². The second kappa shape index (κ2) is 11.5. The smallest absolute Gasteiger partial charge is 0.433 e. The normalized spacial score (nSPS) is 24.3. The van der Waals surface area contributed by atoms with Gasteiger partial charge in [0.05, 0.1) is 57.1 Å². The van der Waals surface area contributed by atoms with Gasteiger partial charge in [-0.1, -0.05) is 23.2 Å². The Bertz CT molecular complexity index is 1320. The maximum atomic E-state index is 14.5. The predicted molar refractivity (Wildman–Crippen MR) is 143 cm³/mol. The number of carboxylic acids is 1. The van der Waals surface area contributed by atoms with Gasteiger partial charge in [0, 0.05) is 18.9 Å². The van der Waals surface area contributed by atoms with Crippen molar-refractivity contribution < 1.29 is 37.4 Å². The molecule has 0 bridgehead atoms. The van der Waals surface area contributed by atoms with Crippen molar-refractivity contribution in [3.05, 3.63) is 45.5 Å². The predicted octanol–water partition coefficient (Wildman–Crippen LogP) is 6.09. The first kappa shape index (κ1) is 31.2. The lowest BCUT2D eigenvalue weighted by Crippen LogP contribution is -2.42. The third-order valence-electron chi connectivity index (χ3n) is 7.95. The van der Waals surface area contributed by atoms with Crippen molar-refractivity contribution in [3.8, 4) is 0 Å². The highest BCUT2D eigenvalue weighted by molar-refractivity contribution is 6.39. The largest absolute Gasteiger partial charge is 0.481 e. The van der Waals surface area contributed by atoms with Crippen molar-refractivity contribution in [1.82, 2.24) is 19.7 Å². The number of nitrogens with zero attached hydrogens (tertiary/aromatic N) is 4. The van der Waals surface area contributed by atoms with Crippen molar-refractivity contribution in [2.24, 2.45) is 5.41 Å². The van der Waals surface area contributed by atoms with Crippen LogP contribution >= 0.6 is 23.2 Å². The van der Waals surface area contributed by atoms with E-state index in [1.807, 2.05) is 13.8 Å². The monoisotopic (exact) mass is 618 g/mol. The summed E-state index contributed by atoms with van der Waals surface area (Å²) in [5.74, 6) is -2.72. The van der Waals surface area contributed by atoms with Crippen LogP contribution in [0.5, 0.6) is 0 Å². The Balaban J connectivity index is 1.67. The fourth-order valence-electron chi connectivity index (χ4n) is 5.55. The van der Waals surface area contributed by atoms with E-state index >= 15 is 0 Å². The van der Waals surface area contributed by atoms with Gasteiger partial charge in [-0.15, -0.1) is 0 Å². The number of aliphatic carboxylic acids is 1. The van der Waals surface area contributed by atoms with Gasteiger partial charge in [-0.3, -0.25) is 24.0 Å². The minimum Gasteiger partial charge on any atom is -0.481 e. The van der Waals surface area contributed by atoms with Crippen molar-refractivity contribution in [1.29, 1.82) is 0 Å². The number of hydrogen-bond donors (Lipinski definition) is 1. The van der Waals surface area contributed by atoms with E-state index in [1.165, 1.54) is 12.4 Å². The standard InChI is InChI=1S/C27H31Cl2F3N4O5/c1-25(2)7-6-16(41-25)13-35(14-20(37)21-18(28)11-33-12-19(21)29)23(38)17-10-34-36(22(17)27(30,31)32)15-4-8-26(3,9-5-15)24(39)40/h10-12,15-16H,4-9,13-14H2,1-3H3,(H,39,40)/t15?,16-,26?/m0/s1. The minimum absolute atomic E-state index is 0.0531. The Morgan fingerprint density at radius 2 is 1.68 bits per heavy atom. The van der Waals surface area contributed by atoms with Crippen LogP contribution in [0.3, 0.4) is 0 Å². The number of carboxylic acid groups (broad SMARTS) is 1. The van der Waals surface area contributed by atoms with Gasteiger partial charge in [0.15, 0.2) is 11.5 Å². The van der Waals surface area contributed by atoms with E-state index in [9.17, 15) is 32.7 Å². The summed E-state index contributed by atoms with van der Waals surface area (Å²) >= 11 is 12.3. The average Bonchev–Trinajstić information content (AvgIpc) is 3.46. The van der Waals surface area contributed by atoms with Gasteiger partial charge in [0.1, 0.15) is 0 Å². The molecule has 0 spiro atoms. The van der Waals surface area contributed by atoms with E-state index in [0.29, 0.717) is 12.8 Å². The van der Waals surface area contributed by atoms with E-state index in [2.05, 4.69) is 10.1 Å². The molecule has 9 nitrogen and oxygen atoms in total. The van der Waals surface area contributed by atoms with Crippen LogP contribution in [-0.4, -0.2) is 67.2 Å². The lowest BCUT2D eigenvalue weighted by Gasteiger charge is -2.34. The first-order valence-corrected chi connectivity index (χ1v) is 14.0. The third kappa shape index (κ3) is 6.70. The van der Waals surface area contributed by atoms with Gasteiger partial charge in [0.2, 0.25) is 0 Å². The third-order valence-corrected chi connectivity index (χ3v) is 8.52. The summed E-state index contributed by atoms with van der Waals surface area (Å²) in [4.78, 5) is 43.5. The van der Waals surface area contributed by atoms with Crippen LogP contribution in [0.1, 0.15) is 91.7 Å². The van der Waals surface area contributed by atoms with Crippen LogP contribution in [0.4, 0.5) is 13.2 Å². The number of alkyl halides is 3. The van der Waals surface area contributed by atoms with Crippen molar-refractivity contribution >= 4 is 40.9 Å². The second-order valence-corrected chi connectivity index (χ2v) is 12.4. The number of Topliss-reactive ketones (excluding diaryl/α,β-unsaturated/α-hetero) is 1. The fraction of sp³-hybridized carbons (Fsp3) is 0.593. The Kier molecular flexibility index (Phi) is 8.78. The summed E-state index contributed by atoms with van der Waals surface area (Å²) in [7, 11) is 0.